The number of nitrogens with zero attached hydrogens (tertiary/aromatic N) is 1. The minimum absolute atomic E-state index is 0.0510. The van der Waals surface area contributed by atoms with Crippen molar-refractivity contribution in [2.45, 2.75) is 13.8 Å². The topological polar surface area (TPSA) is 58.3 Å². The van der Waals surface area contributed by atoms with E-state index in [0.29, 0.717) is 26.2 Å². The SMILES string of the molecule is C=CCN(CC=C)C(=O)C[NH+]1CC[NH+](CC(=O)Nc2c(C)cccc2C)CC1. The number of para-hydroxylation sites is 1. The standard InChI is InChI=1S/C22H32N4O2/c1-5-10-26(11-6-2)21(28)17-25-14-12-24(13-15-25)16-20(27)23-22-18(3)8-7-9-19(22)4/h5-9H,1-2,10-17H2,3-4H3,(H,23,27)/p+2. The van der Waals surface area contributed by atoms with Gasteiger partial charge < -0.3 is 20.0 Å². The Kier molecular flexibility index (Phi) is 8.42. The monoisotopic (exact) mass is 386 g/mol. The third-order valence-electron chi connectivity index (χ3n) is 5.27. The van der Waals surface area contributed by atoms with Gasteiger partial charge in [0.1, 0.15) is 26.2 Å². The summed E-state index contributed by atoms with van der Waals surface area (Å²) in [5.74, 6) is 0.182. The Morgan fingerprint density at radius 2 is 1.50 bits per heavy atom. The molecule has 0 bridgehead atoms. The highest BCUT2D eigenvalue weighted by Crippen LogP contribution is 2.18. The molecule has 0 atom stereocenters. The third kappa shape index (κ3) is 6.32. The van der Waals surface area contributed by atoms with Crippen LogP contribution in [0.3, 0.4) is 0 Å². The highest BCUT2D eigenvalue weighted by atomic mass is 16.2. The highest BCUT2D eigenvalue weighted by molar-refractivity contribution is 5.93. The number of hydrogen-bond acceptors (Lipinski definition) is 2. The lowest BCUT2D eigenvalue weighted by atomic mass is 10.1. The molecule has 1 heterocycles. The molecule has 152 valence electrons. The number of carbonyl (C=O) groups is 2. The van der Waals surface area contributed by atoms with E-state index in [0.717, 1.165) is 43.0 Å². The summed E-state index contributed by atoms with van der Waals surface area (Å²) in [7, 11) is 0. The largest absolute Gasteiger partial charge is 0.330 e. The highest BCUT2D eigenvalue weighted by Gasteiger charge is 2.27. The maximum Gasteiger partial charge on any atom is 0.279 e. The van der Waals surface area contributed by atoms with Crippen LogP contribution in [0.4, 0.5) is 5.69 Å². The van der Waals surface area contributed by atoms with Gasteiger partial charge in [-0.1, -0.05) is 30.4 Å². The first-order valence-corrected chi connectivity index (χ1v) is 9.97. The van der Waals surface area contributed by atoms with Gasteiger partial charge in [0, 0.05) is 18.8 Å². The number of piperazine rings is 1. The molecule has 28 heavy (non-hydrogen) atoms. The normalized spacial score (nSPS) is 18.9. The number of anilines is 1. The van der Waals surface area contributed by atoms with E-state index in [1.165, 1.54) is 9.80 Å². The van der Waals surface area contributed by atoms with Gasteiger partial charge in [0.15, 0.2) is 13.1 Å². The van der Waals surface area contributed by atoms with Gasteiger partial charge in [-0.05, 0) is 25.0 Å². The van der Waals surface area contributed by atoms with Gasteiger partial charge in [0.05, 0.1) is 0 Å². The van der Waals surface area contributed by atoms with Gasteiger partial charge in [0.2, 0.25) is 0 Å². The van der Waals surface area contributed by atoms with Crippen LogP contribution in [0.5, 0.6) is 0 Å². The van der Waals surface area contributed by atoms with Gasteiger partial charge in [-0.2, -0.15) is 0 Å². The zero-order valence-electron chi connectivity index (χ0n) is 17.2. The van der Waals surface area contributed by atoms with Crippen LogP contribution in [-0.2, 0) is 9.59 Å². The van der Waals surface area contributed by atoms with E-state index in [1.54, 1.807) is 17.1 Å². The summed E-state index contributed by atoms with van der Waals surface area (Å²) in [6, 6.07) is 6.02. The molecule has 2 rings (SSSR count). The fourth-order valence-corrected chi connectivity index (χ4v) is 3.65. The van der Waals surface area contributed by atoms with Crippen LogP contribution in [0.25, 0.3) is 0 Å². The Labute approximate surface area is 168 Å². The quantitative estimate of drug-likeness (QED) is 0.488. The molecule has 0 aromatic heterocycles. The first kappa shape index (κ1) is 21.9. The van der Waals surface area contributed by atoms with Gasteiger partial charge in [0.25, 0.3) is 11.8 Å². The Morgan fingerprint density at radius 3 is 2.00 bits per heavy atom. The average molecular weight is 387 g/mol. The molecule has 0 aliphatic carbocycles. The van der Waals surface area contributed by atoms with Gasteiger partial charge in [-0.3, -0.25) is 9.59 Å². The first-order valence-electron chi connectivity index (χ1n) is 9.97. The zero-order valence-corrected chi connectivity index (χ0v) is 17.2. The van der Waals surface area contributed by atoms with Crippen molar-refractivity contribution in [3.8, 4) is 0 Å². The second-order valence-corrected chi connectivity index (χ2v) is 7.54. The number of amides is 2. The summed E-state index contributed by atoms with van der Waals surface area (Å²) in [5.41, 5.74) is 3.09. The molecule has 0 radical (unpaired) electrons. The molecule has 1 aromatic carbocycles. The van der Waals surface area contributed by atoms with Crippen LogP contribution < -0.4 is 15.1 Å². The molecule has 1 aromatic rings. The molecule has 3 N–H and O–H groups in total. The van der Waals surface area contributed by atoms with E-state index in [1.807, 2.05) is 32.0 Å². The molecule has 0 spiro atoms. The minimum Gasteiger partial charge on any atom is -0.330 e. The summed E-state index contributed by atoms with van der Waals surface area (Å²) >= 11 is 0. The summed E-state index contributed by atoms with van der Waals surface area (Å²) < 4.78 is 0. The summed E-state index contributed by atoms with van der Waals surface area (Å²) in [6.07, 6.45) is 3.49. The van der Waals surface area contributed by atoms with Crippen LogP contribution in [0, 0.1) is 13.8 Å². The molecule has 6 nitrogen and oxygen atoms in total. The number of rotatable bonds is 9. The van der Waals surface area contributed by atoms with Crippen molar-refractivity contribution < 1.29 is 19.4 Å². The lowest BCUT2D eigenvalue weighted by Crippen LogP contribution is -3.28. The molecule has 1 aliphatic rings. The van der Waals surface area contributed by atoms with Crippen molar-refractivity contribution in [2.24, 2.45) is 0 Å². The van der Waals surface area contributed by atoms with E-state index in [4.69, 9.17) is 0 Å². The maximum atomic E-state index is 12.5. The molecular formula is C22H34N4O2+2. The van der Waals surface area contributed by atoms with Crippen LogP contribution in [0.15, 0.2) is 43.5 Å². The number of aryl methyl sites for hydroxylation is 2. The predicted octanol–water partition coefficient (Wildman–Crippen LogP) is -0.774. The molecule has 1 aliphatic heterocycles. The average Bonchev–Trinajstić information content (AvgIpc) is 2.66. The molecule has 1 fully saturated rings. The van der Waals surface area contributed by atoms with Crippen LogP contribution in [0.2, 0.25) is 0 Å². The Balaban J connectivity index is 1.78. The van der Waals surface area contributed by atoms with E-state index in [9.17, 15) is 9.59 Å². The van der Waals surface area contributed by atoms with E-state index >= 15 is 0 Å². The van der Waals surface area contributed by atoms with E-state index in [2.05, 4.69) is 18.5 Å². The number of benzene rings is 1. The van der Waals surface area contributed by atoms with Crippen molar-refractivity contribution in [2.75, 3.05) is 57.7 Å². The molecule has 0 saturated carbocycles. The molecule has 1 saturated heterocycles. The van der Waals surface area contributed by atoms with Gasteiger partial charge in [-0.25, -0.2) is 0 Å². The lowest BCUT2D eigenvalue weighted by molar-refractivity contribution is -1.00. The summed E-state index contributed by atoms with van der Waals surface area (Å²) in [5, 5.41) is 3.07. The summed E-state index contributed by atoms with van der Waals surface area (Å²) in [6.45, 7) is 17.1. The molecule has 6 heteroatoms. The molecular weight excluding hydrogens is 352 g/mol. The zero-order chi connectivity index (χ0) is 20.5. The molecule has 0 unspecified atom stereocenters. The number of quaternary nitrogens is 2. The van der Waals surface area contributed by atoms with Gasteiger partial charge in [-0.15, -0.1) is 13.2 Å². The Hall–Kier alpha value is -2.44. The number of nitrogens with one attached hydrogen (secondary N) is 3. The van der Waals surface area contributed by atoms with Crippen molar-refractivity contribution in [3.05, 3.63) is 54.6 Å². The van der Waals surface area contributed by atoms with Crippen molar-refractivity contribution >= 4 is 17.5 Å². The van der Waals surface area contributed by atoms with Crippen molar-refractivity contribution in [1.82, 2.24) is 4.90 Å². The summed E-state index contributed by atoms with van der Waals surface area (Å²) in [4.78, 5) is 29.2. The third-order valence-corrected chi connectivity index (χ3v) is 5.27. The fourth-order valence-electron chi connectivity index (χ4n) is 3.65. The van der Waals surface area contributed by atoms with Crippen LogP contribution >= 0.6 is 0 Å². The van der Waals surface area contributed by atoms with Gasteiger partial charge >= 0.3 is 0 Å². The predicted molar refractivity (Wildman–Crippen MR) is 113 cm³/mol. The Bertz CT molecular complexity index is 678. The maximum absolute atomic E-state index is 12.5. The number of hydrogen-bond donors (Lipinski definition) is 3. The van der Waals surface area contributed by atoms with Crippen LogP contribution in [-0.4, -0.2) is 69.1 Å². The van der Waals surface area contributed by atoms with E-state index in [-0.39, 0.29) is 11.8 Å². The second kappa shape index (κ2) is 10.8. The fraction of sp³-hybridized carbons (Fsp3) is 0.455. The second-order valence-electron chi connectivity index (χ2n) is 7.54. The van der Waals surface area contributed by atoms with E-state index < -0.39 is 0 Å². The molecule has 2 amide bonds. The van der Waals surface area contributed by atoms with Crippen molar-refractivity contribution in [3.63, 3.8) is 0 Å². The Morgan fingerprint density at radius 1 is 1.00 bits per heavy atom. The number of carbonyl (C=O) groups excluding carboxylic acids is 2. The lowest BCUT2D eigenvalue weighted by Gasteiger charge is -2.30. The smallest absolute Gasteiger partial charge is 0.279 e. The minimum atomic E-state index is 0.0510. The van der Waals surface area contributed by atoms with Crippen molar-refractivity contribution in [1.29, 1.82) is 0 Å². The first-order chi connectivity index (χ1) is 13.4. The van der Waals surface area contributed by atoms with Crippen LogP contribution in [0.1, 0.15) is 11.1 Å².